The van der Waals surface area contributed by atoms with E-state index in [1.807, 2.05) is 24.3 Å². The lowest BCUT2D eigenvalue weighted by molar-refractivity contribution is -0.117. The van der Waals surface area contributed by atoms with Crippen LogP contribution in [-0.2, 0) is 26.1 Å². The lowest BCUT2D eigenvalue weighted by atomic mass is 9.85. The van der Waals surface area contributed by atoms with Gasteiger partial charge in [-0.15, -0.1) is 0 Å². The van der Waals surface area contributed by atoms with E-state index in [4.69, 9.17) is 4.74 Å². The van der Waals surface area contributed by atoms with Crippen molar-refractivity contribution in [2.24, 2.45) is 11.8 Å². The lowest BCUT2D eigenvalue weighted by Gasteiger charge is -2.28. The summed E-state index contributed by atoms with van der Waals surface area (Å²) < 4.78 is 16.9. The van der Waals surface area contributed by atoms with Gasteiger partial charge in [0.2, 0.25) is 5.91 Å². The summed E-state index contributed by atoms with van der Waals surface area (Å²) in [6, 6.07) is 7.63. The predicted octanol–water partition coefficient (Wildman–Crippen LogP) is 2.55. The molecule has 2 rings (SSSR count). The van der Waals surface area contributed by atoms with Crippen LogP contribution in [0.2, 0.25) is 0 Å². The van der Waals surface area contributed by atoms with Gasteiger partial charge in [-0.05, 0) is 55.5 Å². The molecule has 0 bridgehead atoms. The smallest absolute Gasteiger partial charge is 0.224 e. The maximum Gasteiger partial charge on any atom is 0.224 e. The zero-order valence-electron chi connectivity index (χ0n) is 15.3. The molecule has 1 heterocycles. The zero-order valence-corrected chi connectivity index (χ0v) is 16.1. The second kappa shape index (κ2) is 10.7. The van der Waals surface area contributed by atoms with Gasteiger partial charge in [-0.2, -0.15) is 0 Å². The molecule has 3 unspecified atom stereocenters. The number of hydrogen-bond donors (Lipinski definition) is 2. The van der Waals surface area contributed by atoms with Gasteiger partial charge in [-0.1, -0.05) is 19.1 Å². The molecule has 140 valence electrons. The Hall–Kier alpha value is -1.24. The fraction of sp³-hybridized carbons (Fsp3) is 0.632. The normalized spacial score (nSPS) is 20.0. The molecular formula is C19H30N2O3S. The van der Waals surface area contributed by atoms with Crippen molar-refractivity contribution in [3.63, 3.8) is 0 Å². The number of carbonyl (C=O) groups excluding carboxylic acids is 1. The number of carbonyl (C=O) groups is 1. The summed E-state index contributed by atoms with van der Waals surface area (Å²) in [5, 5.41) is 6.40. The topological polar surface area (TPSA) is 67.4 Å². The molecule has 6 heteroatoms. The Morgan fingerprint density at radius 3 is 3.04 bits per heavy atom. The molecule has 0 aliphatic carbocycles. The highest BCUT2D eigenvalue weighted by Crippen LogP contribution is 2.23. The molecular weight excluding hydrogens is 336 g/mol. The van der Waals surface area contributed by atoms with E-state index in [9.17, 15) is 9.00 Å². The third kappa shape index (κ3) is 7.26. The fourth-order valence-electron chi connectivity index (χ4n) is 3.21. The lowest BCUT2D eigenvalue weighted by Crippen LogP contribution is -2.34. The van der Waals surface area contributed by atoms with Crippen molar-refractivity contribution < 1.29 is 13.7 Å². The number of benzene rings is 1. The highest BCUT2D eigenvalue weighted by molar-refractivity contribution is 7.84. The molecule has 0 saturated carbocycles. The first-order valence-corrected chi connectivity index (χ1v) is 10.5. The minimum atomic E-state index is -0.949. The first-order valence-electron chi connectivity index (χ1n) is 9.02. The van der Waals surface area contributed by atoms with Crippen LogP contribution in [0, 0.1) is 11.8 Å². The van der Waals surface area contributed by atoms with Gasteiger partial charge in [0.25, 0.3) is 0 Å². The largest absolute Gasteiger partial charge is 0.384 e. The summed E-state index contributed by atoms with van der Waals surface area (Å²) in [4.78, 5) is 12.3. The molecule has 3 atom stereocenters. The van der Waals surface area contributed by atoms with Crippen LogP contribution >= 0.6 is 0 Å². The minimum Gasteiger partial charge on any atom is -0.384 e. The van der Waals surface area contributed by atoms with Gasteiger partial charge in [0.05, 0.1) is 6.61 Å². The van der Waals surface area contributed by atoms with E-state index in [-0.39, 0.29) is 5.91 Å². The summed E-state index contributed by atoms with van der Waals surface area (Å²) in [6.45, 7) is 4.76. The Morgan fingerprint density at radius 1 is 1.48 bits per heavy atom. The van der Waals surface area contributed by atoms with Crippen molar-refractivity contribution in [3.8, 4) is 0 Å². The quantitative estimate of drug-likeness (QED) is 0.705. The number of anilines is 1. The van der Waals surface area contributed by atoms with Gasteiger partial charge in [0, 0.05) is 41.5 Å². The van der Waals surface area contributed by atoms with E-state index < -0.39 is 10.8 Å². The van der Waals surface area contributed by atoms with Crippen LogP contribution in [0.15, 0.2) is 24.3 Å². The average Bonchev–Trinajstić information content (AvgIpc) is 2.61. The van der Waals surface area contributed by atoms with Crippen LogP contribution in [0.4, 0.5) is 5.69 Å². The zero-order chi connectivity index (χ0) is 18.1. The highest BCUT2D eigenvalue weighted by Gasteiger charge is 2.22. The van der Waals surface area contributed by atoms with Crippen molar-refractivity contribution in [1.29, 1.82) is 0 Å². The Kier molecular flexibility index (Phi) is 8.58. The van der Waals surface area contributed by atoms with Gasteiger partial charge in [-0.25, -0.2) is 0 Å². The fourth-order valence-corrected chi connectivity index (χ4v) is 4.26. The van der Waals surface area contributed by atoms with Crippen molar-refractivity contribution in [3.05, 3.63) is 29.8 Å². The number of hydrogen-bond acceptors (Lipinski definition) is 4. The SMILES string of the molecule is COCCS(=O)Cc1cccc(NC(=O)CC(C)C2CCCNC2)c1. The van der Waals surface area contributed by atoms with E-state index in [1.54, 1.807) is 7.11 Å². The number of nitrogens with one attached hydrogen (secondary N) is 2. The van der Waals surface area contributed by atoms with E-state index in [1.165, 1.54) is 12.8 Å². The minimum absolute atomic E-state index is 0.0516. The van der Waals surface area contributed by atoms with Crippen LogP contribution in [-0.4, -0.2) is 42.7 Å². The van der Waals surface area contributed by atoms with E-state index in [0.717, 1.165) is 24.3 Å². The highest BCUT2D eigenvalue weighted by atomic mass is 32.2. The first kappa shape index (κ1) is 20.1. The number of ether oxygens (including phenoxy) is 1. The van der Waals surface area contributed by atoms with Crippen LogP contribution in [0.25, 0.3) is 0 Å². The Labute approximate surface area is 153 Å². The molecule has 0 spiro atoms. The molecule has 1 fully saturated rings. The third-order valence-corrected chi connectivity index (χ3v) is 5.98. The summed E-state index contributed by atoms with van der Waals surface area (Å²) in [7, 11) is 0.660. The van der Waals surface area contributed by atoms with E-state index in [2.05, 4.69) is 17.6 Å². The molecule has 5 nitrogen and oxygen atoms in total. The predicted molar refractivity (Wildman–Crippen MR) is 103 cm³/mol. The van der Waals surface area contributed by atoms with Gasteiger partial charge >= 0.3 is 0 Å². The van der Waals surface area contributed by atoms with Gasteiger partial charge in [-0.3, -0.25) is 9.00 Å². The molecule has 1 aliphatic rings. The Bertz CT molecular complexity index is 574. The second-order valence-electron chi connectivity index (χ2n) is 6.82. The van der Waals surface area contributed by atoms with Crippen molar-refractivity contribution in [1.82, 2.24) is 5.32 Å². The van der Waals surface area contributed by atoms with Crippen LogP contribution in [0.1, 0.15) is 31.7 Å². The maximum atomic E-state index is 12.3. The van der Waals surface area contributed by atoms with Crippen molar-refractivity contribution in [2.75, 3.05) is 37.9 Å². The number of piperidine rings is 1. The average molecular weight is 367 g/mol. The molecule has 1 aromatic rings. The molecule has 2 N–H and O–H groups in total. The molecule has 25 heavy (non-hydrogen) atoms. The summed E-state index contributed by atoms with van der Waals surface area (Å²) in [6.07, 6.45) is 2.93. The van der Waals surface area contributed by atoms with Crippen molar-refractivity contribution in [2.45, 2.75) is 31.9 Å². The molecule has 1 saturated heterocycles. The Balaban J connectivity index is 1.83. The third-order valence-electron chi connectivity index (χ3n) is 4.70. The number of amides is 1. The van der Waals surface area contributed by atoms with Crippen LogP contribution in [0.3, 0.4) is 0 Å². The number of methoxy groups -OCH3 is 1. The van der Waals surface area contributed by atoms with Gasteiger partial charge in [0.1, 0.15) is 0 Å². The Morgan fingerprint density at radius 2 is 2.32 bits per heavy atom. The molecule has 1 aromatic carbocycles. The standard InChI is InChI=1S/C19H30N2O3S/c1-15(17-6-4-8-20-13-17)11-19(22)21-18-7-3-5-16(12-18)14-25(23)10-9-24-2/h3,5,7,12,15,17,20H,4,6,8-11,13-14H2,1-2H3,(H,21,22). The molecule has 1 amide bonds. The number of rotatable bonds is 9. The molecule has 1 aliphatic heterocycles. The first-order chi connectivity index (χ1) is 12.1. The monoisotopic (exact) mass is 366 g/mol. The van der Waals surface area contributed by atoms with Gasteiger partial charge < -0.3 is 15.4 Å². The second-order valence-corrected chi connectivity index (χ2v) is 8.39. The summed E-state index contributed by atoms with van der Waals surface area (Å²) >= 11 is 0. The van der Waals surface area contributed by atoms with E-state index in [0.29, 0.717) is 36.4 Å². The van der Waals surface area contributed by atoms with Crippen LogP contribution < -0.4 is 10.6 Å². The van der Waals surface area contributed by atoms with Crippen LogP contribution in [0.5, 0.6) is 0 Å². The van der Waals surface area contributed by atoms with E-state index >= 15 is 0 Å². The summed E-state index contributed by atoms with van der Waals surface area (Å²) in [5.41, 5.74) is 1.75. The summed E-state index contributed by atoms with van der Waals surface area (Å²) in [5.74, 6) is 2.01. The molecule has 0 radical (unpaired) electrons. The molecule has 0 aromatic heterocycles. The maximum absolute atomic E-state index is 12.3. The van der Waals surface area contributed by atoms with Gasteiger partial charge in [0.15, 0.2) is 0 Å². The van der Waals surface area contributed by atoms with Crippen molar-refractivity contribution >= 4 is 22.4 Å².